The van der Waals surface area contributed by atoms with Crippen molar-refractivity contribution in [3.05, 3.63) is 70.8 Å². The summed E-state index contributed by atoms with van der Waals surface area (Å²) in [6.45, 7) is 2.07. The third-order valence-electron chi connectivity index (χ3n) is 13.2. The number of likely N-dealkylation sites (N-methyl/N-ethyl adjacent to an activating group) is 2. The number of nitrogens with zero attached hydrogens (tertiary/aromatic N) is 2. The molecule has 240 valence electrons. The molecule has 4 aliphatic carbocycles. The molecule has 8 aliphatic rings. The third-order valence-corrected chi connectivity index (χ3v) is 15.6. The van der Waals surface area contributed by atoms with Gasteiger partial charge in [0.1, 0.15) is 12.2 Å². The molecule has 9 heteroatoms. The van der Waals surface area contributed by atoms with Crippen LogP contribution in [0.2, 0.25) is 0 Å². The molecule has 0 saturated carbocycles. The zero-order chi connectivity index (χ0) is 31.1. The van der Waals surface area contributed by atoms with E-state index in [1.54, 1.807) is 37.7 Å². The molecular weight excluding hydrogens is 617 g/mol. The third kappa shape index (κ3) is 3.38. The predicted molar refractivity (Wildman–Crippen MR) is 181 cm³/mol. The van der Waals surface area contributed by atoms with Gasteiger partial charge in [0.2, 0.25) is 4.45 Å². The van der Waals surface area contributed by atoms with Crippen LogP contribution in [0.5, 0.6) is 23.0 Å². The molecule has 2 fully saturated rings. The lowest BCUT2D eigenvalue weighted by molar-refractivity contribution is -0.00112. The van der Waals surface area contributed by atoms with Crippen LogP contribution in [0.4, 0.5) is 4.79 Å². The molecule has 2 saturated heterocycles. The maximum atomic E-state index is 14.3. The number of hydrogen-bond acceptors (Lipinski definition) is 9. The van der Waals surface area contributed by atoms with Gasteiger partial charge in [0.05, 0.1) is 14.2 Å². The first-order chi connectivity index (χ1) is 22.4. The van der Waals surface area contributed by atoms with Crippen LogP contribution in [0, 0.1) is 11.8 Å². The summed E-state index contributed by atoms with van der Waals surface area (Å²) >= 11 is 3.12. The minimum absolute atomic E-state index is 0.0123. The summed E-state index contributed by atoms with van der Waals surface area (Å²) in [5.74, 6) is 4.10. The summed E-state index contributed by atoms with van der Waals surface area (Å²) in [5, 5.41) is 0.188. The number of methoxy groups -OCH3 is 2. The SMILES string of the molecule is COc1ccc2c3c1O[C@H]1C=C[C@@H](SC(=O)S[C@@H]4C=C[C@@H]5Oc6c(OC)ccc7c6[C@@]56CCN(C)[C@H](C7)[C@H]46)[C@H]4[C@@H](C2)N(C)CC[C@@]341. The average Bonchev–Trinajstić information content (AvgIpc) is 3.58. The van der Waals surface area contributed by atoms with Gasteiger partial charge in [-0.05, 0) is 88.3 Å². The van der Waals surface area contributed by atoms with E-state index in [2.05, 4.69) is 72.5 Å². The number of likely N-dealkylation sites (tertiary alicyclic amines) is 2. The summed E-state index contributed by atoms with van der Waals surface area (Å²) in [7, 11) is 7.99. The Morgan fingerprint density at radius 1 is 0.739 bits per heavy atom. The number of thioether (sulfide) groups is 2. The van der Waals surface area contributed by atoms with E-state index in [0.29, 0.717) is 23.9 Å². The molecule has 2 aromatic rings. The van der Waals surface area contributed by atoms with Gasteiger partial charge in [0.15, 0.2) is 23.0 Å². The monoisotopic (exact) mass is 656 g/mol. The Morgan fingerprint density at radius 2 is 1.20 bits per heavy atom. The highest BCUT2D eigenvalue weighted by Crippen LogP contribution is 2.66. The fourth-order valence-corrected chi connectivity index (χ4v) is 14.2. The maximum absolute atomic E-state index is 14.3. The highest BCUT2D eigenvalue weighted by molar-refractivity contribution is 8.39. The minimum Gasteiger partial charge on any atom is -0.493 e. The van der Waals surface area contributed by atoms with Gasteiger partial charge in [-0.2, -0.15) is 0 Å². The molecule has 7 nitrogen and oxygen atoms in total. The number of carbonyl (C=O) groups excluding carboxylic acids is 1. The summed E-state index contributed by atoms with van der Waals surface area (Å²) < 4.78 is 25.2. The first kappa shape index (κ1) is 28.4. The quantitative estimate of drug-likeness (QED) is 0.391. The normalized spacial score (nSPS) is 40.1. The van der Waals surface area contributed by atoms with Gasteiger partial charge in [0, 0.05) is 56.4 Å². The molecule has 0 unspecified atom stereocenters. The maximum Gasteiger partial charge on any atom is 0.247 e. The molecule has 46 heavy (non-hydrogen) atoms. The summed E-state index contributed by atoms with van der Waals surface area (Å²) in [4.78, 5) is 19.4. The molecule has 4 heterocycles. The molecule has 0 aromatic heterocycles. The fourth-order valence-electron chi connectivity index (χ4n) is 11.3. The number of rotatable bonds is 4. The minimum atomic E-state index is -0.119. The van der Waals surface area contributed by atoms with E-state index in [1.807, 2.05) is 0 Å². The number of carbonyl (C=O) groups is 1. The number of ether oxygens (including phenoxy) is 4. The van der Waals surface area contributed by atoms with Gasteiger partial charge in [0.25, 0.3) is 0 Å². The fraction of sp³-hybridized carbons (Fsp3) is 0.541. The average molecular weight is 657 g/mol. The summed E-state index contributed by atoms with van der Waals surface area (Å²) in [6, 6.07) is 9.38. The number of piperidine rings is 2. The Morgan fingerprint density at radius 3 is 1.63 bits per heavy atom. The van der Waals surface area contributed by atoms with Crippen molar-refractivity contribution in [1.29, 1.82) is 0 Å². The van der Waals surface area contributed by atoms with E-state index in [0.717, 1.165) is 61.8 Å². The molecule has 0 amide bonds. The highest BCUT2D eigenvalue weighted by Gasteiger charge is 2.66. The molecule has 2 aromatic carbocycles. The lowest BCUT2D eigenvalue weighted by atomic mass is 9.53. The van der Waals surface area contributed by atoms with Gasteiger partial charge >= 0.3 is 0 Å². The molecule has 4 aliphatic heterocycles. The van der Waals surface area contributed by atoms with Gasteiger partial charge < -0.3 is 28.7 Å². The number of hydrogen-bond donors (Lipinski definition) is 0. The molecule has 10 rings (SSSR count). The first-order valence-corrected chi connectivity index (χ1v) is 18.5. The van der Waals surface area contributed by atoms with Gasteiger partial charge in [-0.3, -0.25) is 4.79 Å². The van der Waals surface area contributed by atoms with Crippen molar-refractivity contribution in [2.75, 3.05) is 41.4 Å². The van der Waals surface area contributed by atoms with Crippen molar-refractivity contribution in [3.8, 4) is 23.0 Å². The van der Waals surface area contributed by atoms with Crippen LogP contribution in [0.3, 0.4) is 0 Å². The van der Waals surface area contributed by atoms with Crippen LogP contribution in [-0.2, 0) is 23.7 Å². The second-order valence-corrected chi connectivity index (χ2v) is 17.2. The molecular formula is C37H40N2O5S2. The van der Waals surface area contributed by atoms with Crippen LogP contribution in [0.1, 0.15) is 35.1 Å². The molecule has 10 atom stereocenters. The van der Waals surface area contributed by atoms with Gasteiger partial charge in [-0.1, -0.05) is 47.8 Å². The highest BCUT2D eigenvalue weighted by atomic mass is 32.2. The topological polar surface area (TPSA) is 60.5 Å². The van der Waals surface area contributed by atoms with Crippen molar-refractivity contribution in [2.24, 2.45) is 11.8 Å². The van der Waals surface area contributed by atoms with Crippen LogP contribution >= 0.6 is 23.5 Å². The van der Waals surface area contributed by atoms with E-state index in [1.165, 1.54) is 22.3 Å². The van der Waals surface area contributed by atoms with Crippen molar-refractivity contribution in [2.45, 2.75) is 71.3 Å². The van der Waals surface area contributed by atoms with E-state index < -0.39 is 0 Å². The smallest absolute Gasteiger partial charge is 0.247 e. The Bertz CT molecular complexity index is 1620. The Labute approximate surface area is 279 Å². The number of benzene rings is 2. The van der Waals surface area contributed by atoms with Crippen molar-refractivity contribution < 1.29 is 23.7 Å². The van der Waals surface area contributed by atoms with E-state index >= 15 is 0 Å². The second-order valence-electron chi connectivity index (χ2n) is 14.7. The van der Waals surface area contributed by atoms with Crippen LogP contribution in [-0.4, -0.2) is 90.4 Å². The van der Waals surface area contributed by atoms with E-state index in [-0.39, 0.29) is 38.0 Å². The molecule has 4 bridgehead atoms. The van der Waals surface area contributed by atoms with Crippen molar-refractivity contribution in [3.63, 3.8) is 0 Å². The second kappa shape index (κ2) is 9.74. The van der Waals surface area contributed by atoms with E-state index in [9.17, 15) is 4.79 Å². The van der Waals surface area contributed by atoms with Crippen LogP contribution < -0.4 is 18.9 Å². The summed E-state index contributed by atoms with van der Waals surface area (Å²) in [5.41, 5.74) is 5.24. The lowest BCUT2D eigenvalue weighted by Crippen LogP contribution is -2.65. The van der Waals surface area contributed by atoms with Crippen molar-refractivity contribution >= 4 is 28.0 Å². The Kier molecular flexibility index (Phi) is 6.02. The van der Waals surface area contributed by atoms with Crippen molar-refractivity contribution in [1.82, 2.24) is 9.80 Å². The molecule has 0 radical (unpaired) electrons. The Balaban J connectivity index is 0.982. The summed E-state index contributed by atoms with van der Waals surface area (Å²) in [6.07, 6.45) is 13.1. The zero-order valence-corrected chi connectivity index (χ0v) is 28.4. The molecule has 2 spiro atoms. The van der Waals surface area contributed by atoms with E-state index in [4.69, 9.17) is 18.9 Å². The van der Waals surface area contributed by atoms with Crippen LogP contribution in [0.25, 0.3) is 0 Å². The molecule has 0 N–H and O–H groups in total. The lowest BCUT2D eigenvalue weighted by Gasteiger charge is -2.58. The Hall–Kier alpha value is -2.59. The zero-order valence-electron chi connectivity index (χ0n) is 26.7. The standard InChI is InChI=1S/C37H40N2O5S2/c1-38-15-13-36-27-11-9-25(31(36)21(38)17-19-5-7-23(41-3)33(43-27)29(19)36)45-35(40)46-26-10-12-28-37-14-16-39(2)22(32(26)37)18-20-6-8-24(42-4)34(44-28)30(20)37/h5-12,21-22,25-28,31-32H,13-18H2,1-4H3/t21-,22-,25-,26-,27+,28+,31-,32-,36-,37-/m1/s1. The first-order valence-electron chi connectivity index (χ1n) is 16.8. The van der Waals surface area contributed by atoms with Crippen LogP contribution in [0.15, 0.2) is 48.6 Å². The largest absolute Gasteiger partial charge is 0.493 e. The van der Waals surface area contributed by atoms with Gasteiger partial charge in [-0.15, -0.1) is 0 Å². The van der Waals surface area contributed by atoms with Gasteiger partial charge in [-0.25, -0.2) is 0 Å². The predicted octanol–water partition coefficient (Wildman–Crippen LogP) is 5.62.